The van der Waals surface area contributed by atoms with Crippen molar-refractivity contribution in [3.05, 3.63) is 0 Å². The maximum Gasteiger partial charge on any atom is 0.251 e. The third-order valence-corrected chi connectivity index (χ3v) is 14.1. The second kappa shape index (κ2) is 29.6. The topological polar surface area (TPSA) is 153 Å². The Morgan fingerprint density at radius 2 is 0.603 bits per heavy atom. The Morgan fingerprint density at radius 1 is 0.382 bits per heavy atom. The monoisotopic (exact) mass is 989 g/mol. The molecule has 12 nitrogen and oxygen atoms in total. The quantitative estimate of drug-likeness (QED) is 0.119. The number of halogens is 6. The molecule has 4 saturated heterocycles. The second-order valence-corrected chi connectivity index (χ2v) is 21.2. The van der Waals surface area contributed by atoms with Crippen molar-refractivity contribution in [2.75, 3.05) is 52.9 Å². The molecule has 18 heteroatoms. The van der Waals surface area contributed by atoms with Crippen LogP contribution in [0.1, 0.15) is 136 Å². The lowest BCUT2D eigenvalue weighted by Crippen LogP contribution is -2.49. The molecule has 0 aromatic heterocycles. The average Bonchev–Trinajstić information content (AvgIpc) is 3.26. The van der Waals surface area contributed by atoms with Crippen LogP contribution < -0.4 is 21.3 Å². The van der Waals surface area contributed by atoms with Crippen LogP contribution in [0.15, 0.2) is 0 Å². The van der Waals surface area contributed by atoms with Crippen LogP contribution in [0.25, 0.3) is 0 Å². The van der Waals surface area contributed by atoms with Gasteiger partial charge in [-0.05, 0) is 104 Å². The number of nitrogens with one attached hydrogen (secondary N) is 4. The van der Waals surface area contributed by atoms with Crippen LogP contribution in [0.3, 0.4) is 0 Å². The molecule has 4 heterocycles. The summed E-state index contributed by atoms with van der Waals surface area (Å²) < 4.78 is 101. The summed E-state index contributed by atoms with van der Waals surface area (Å²) in [6.07, 6.45) is 2.84. The van der Waals surface area contributed by atoms with Crippen molar-refractivity contribution in [2.45, 2.75) is 178 Å². The molecule has 4 fully saturated rings. The van der Waals surface area contributed by atoms with Crippen molar-refractivity contribution < 1.29 is 64.5 Å². The van der Waals surface area contributed by atoms with Gasteiger partial charge in [0, 0.05) is 63.1 Å². The molecule has 0 aliphatic carbocycles. The summed E-state index contributed by atoms with van der Waals surface area (Å²) in [6, 6.07) is 0.245. The minimum Gasteiger partial charge on any atom is -0.381 e. The molecule has 0 spiro atoms. The molecular formula is C50H90F6N4O8. The van der Waals surface area contributed by atoms with Gasteiger partial charge in [-0.2, -0.15) is 0 Å². The Balaban J connectivity index is 0.000000455. The minimum atomic E-state index is -2.89. The summed E-state index contributed by atoms with van der Waals surface area (Å²) in [6.45, 7) is 28.9. The molecule has 0 aromatic rings. The number of hydrogen-bond acceptors (Lipinski definition) is 8. The lowest BCUT2D eigenvalue weighted by molar-refractivity contribution is -0.151. The van der Waals surface area contributed by atoms with Gasteiger partial charge in [0.1, 0.15) is 0 Å². The van der Waals surface area contributed by atoms with Gasteiger partial charge in [-0.3, -0.25) is 19.2 Å². The van der Waals surface area contributed by atoms with E-state index in [1.54, 1.807) is 0 Å². The van der Waals surface area contributed by atoms with E-state index in [2.05, 4.69) is 42.0 Å². The third-order valence-electron chi connectivity index (χ3n) is 14.1. The Kier molecular flexibility index (Phi) is 27.6. The Bertz CT molecular complexity index is 1350. The lowest BCUT2D eigenvalue weighted by atomic mass is 9.83. The molecular weight excluding hydrogens is 899 g/mol. The van der Waals surface area contributed by atoms with E-state index in [1.165, 1.54) is 0 Å². The SMILES string of the molecule is CC(C)[C@@H](C)NC(=O)C1CCOCC1.CC(C)[C@@H](C)NC(=O)C1CCOCC1C(C)(F)F.CC(C)[C@@H](C)NC(=O)C1CCOC[C@@H]1C(C)(F)F.CC(C)[C@@H](C)NC(=O)C1CCOC[C@H]1C(C)(F)F. The number of alkyl halides is 6. The zero-order valence-corrected chi connectivity index (χ0v) is 43.9. The molecule has 68 heavy (non-hydrogen) atoms. The van der Waals surface area contributed by atoms with E-state index in [0.29, 0.717) is 45.0 Å². The molecule has 0 bridgehead atoms. The van der Waals surface area contributed by atoms with Crippen molar-refractivity contribution in [3.63, 3.8) is 0 Å². The zero-order chi connectivity index (χ0) is 52.3. The van der Waals surface area contributed by atoms with Gasteiger partial charge < -0.3 is 40.2 Å². The number of carbonyl (C=O) groups excluding carboxylic acids is 4. The fraction of sp³-hybridized carbons (Fsp3) is 0.920. The minimum absolute atomic E-state index is 0.00789. The van der Waals surface area contributed by atoms with Gasteiger partial charge in [-0.1, -0.05) is 55.4 Å². The molecule has 10 atom stereocenters. The summed E-state index contributed by atoms with van der Waals surface area (Å²) in [5.74, 6) is -12.8. The molecule has 4 aliphatic rings. The standard InChI is InChI=1S/3C13H23F2NO2.C11H21NO2/c3*1-8(2)9(3)16-12(17)10-5-6-18-7-11(10)13(4,14)15;1-8(2)9(3)12-11(13)10-4-6-14-7-5-10/h3*8-11H,5-7H2,1-4H3,(H,16,17);8-10H,4-7H2,1-3H3,(H,12,13)/t9-,10?,11?;9-,10?,11+;9-,10?,11-;9-/m1111/s1. The normalized spacial score (nSPS) is 25.8. The first-order chi connectivity index (χ1) is 31.3. The number of amides is 4. The Hall–Kier alpha value is -2.70. The van der Waals surface area contributed by atoms with Crippen molar-refractivity contribution >= 4 is 23.6 Å². The van der Waals surface area contributed by atoms with Crippen LogP contribution in [0, 0.1) is 65.1 Å². The highest BCUT2D eigenvalue weighted by Crippen LogP contribution is 2.37. The van der Waals surface area contributed by atoms with Crippen LogP contribution in [0.2, 0.25) is 0 Å². The van der Waals surface area contributed by atoms with Crippen molar-refractivity contribution in [1.82, 2.24) is 21.3 Å². The molecule has 0 aromatic carbocycles. The van der Waals surface area contributed by atoms with E-state index in [4.69, 9.17) is 18.9 Å². The van der Waals surface area contributed by atoms with E-state index >= 15 is 0 Å². The highest BCUT2D eigenvalue weighted by atomic mass is 19.3. The number of hydrogen-bond donors (Lipinski definition) is 4. The Morgan fingerprint density at radius 3 is 0.824 bits per heavy atom. The van der Waals surface area contributed by atoms with Crippen molar-refractivity contribution in [3.8, 4) is 0 Å². The number of ether oxygens (including phenoxy) is 4. The van der Waals surface area contributed by atoms with Crippen LogP contribution in [0.4, 0.5) is 26.3 Å². The molecule has 4 aliphatic heterocycles. The first kappa shape index (κ1) is 63.3. The van der Waals surface area contributed by atoms with Crippen molar-refractivity contribution in [2.24, 2.45) is 65.1 Å². The van der Waals surface area contributed by atoms with E-state index in [0.717, 1.165) is 46.8 Å². The van der Waals surface area contributed by atoms with Gasteiger partial charge >= 0.3 is 0 Å². The summed E-state index contributed by atoms with van der Waals surface area (Å²) in [7, 11) is 0. The summed E-state index contributed by atoms with van der Waals surface area (Å²) >= 11 is 0. The molecule has 4 amide bonds. The first-order valence-electron chi connectivity index (χ1n) is 25.0. The second-order valence-electron chi connectivity index (χ2n) is 21.2. The molecule has 4 unspecified atom stereocenters. The van der Waals surface area contributed by atoms with Gasteiger partial charge in [0.05, 0.1) is 55.3 Å². The van der Waals surface area contributed by atoms with Crippen LogP contribution >= 0.6 is 0 Å². The zero-order valence-electron chi connectivity index (χ0n) is 43.9. The van der Waals surface area contributed by atoms with Crippen LogP contribution in [-0.4, -0.2) is 118 Å². The molecule has 0 saturated carbocycles. The summed E-state index contributed by atoms with van der Waals surface area (Å²) in [5, 5.41) is 11.5. The van der Waals surface area contributed by atoms with Gasteiger partial charge in [-0.25, -0.2) is 26.3 Å². The summed E-state index contributed by atoms with van der Waals surface area (Å²) in [4.78, 5) is 48.0. The lowest BCUT2D eigenvalue weighted by Gasteiger charge is -2.35. The molecule has 400 valence electrons. The average molecular weight is 989 g/mol. The van der Waals surface area contributed by atoms with Gasteiger partial charge in [-0.15, -0.1) is 0 Å². The maximum absolute atomic E-state index is 13.5. The largest absolute Gasteiger partial charge is 0.381 e. The molecule has 4 rings (SSSR count). The smallest absolute Gasteiger partial charge is 0.251 e. The van der Waals surface area contributed by atoms with Gasteiger partial charge in [0.15, 0.2) is 0 Å². The first-order valence-corrected chi connectivity index (χ1v) is 25.0. The summed E-state index contributed by atoms with van der Waals surface area (Å²) in [5.41, 5.74) is 0. The van der Waals surface area contributed by atoms with Gasteiger partial charge in [0.2, 0.25) is 23.6 Å². The Labute approximate surface area is 404 Å². The predicted molar refractivity (Wildman–Crippen MR) is 252 cm³/mol. The number of carbonyl (C=O) groups is 4. The van der Waals surface area contributed by atoms with Crippen molar-refractivity contribution in [1.29, 1.82) is 0 Å². The van der Waals surface area contributed by atoms with E-state index in [-0.39, 0.29) is 91.3 Å². The molecule has 4 N–H and O–H groups in total. The highest BCUT2D eigenvalue weighted by Gasteiger charge is 2.47. The fourth-order valence-corrected chi connectivity index (χ4v) is 7.62. The fourth-order valence-electron chi connectivity index (χ4n) is 7.62. The van der Waals surface area contributed by atoms with E-state index in [9.17, 15) is 45.5 Å². The van der Waals surface area contributed by atoms with Crippen LogP contribution in [-0.2, 0) is 38.1 Å². The van der Waals surface area contributed by atoms with E-state index in [1.807, 2.05) is 62.3 Å². The predicted octanol–water partition coefficient (Wildman–Crippen LogP) is 8.94. The maximum atomic E-state index is 13.5. The number of rotatable bonds is 15. The van der Waals surface area contributed by atoms with Gasteiger partial charge in [0.25, 0.3) is 17.8 Å². The molecule has 0 radical (unpaired) electrons. The van der Waals surface area contributed by atoms with E-state index < -0.39 is 53.3 Å². The third kappa shape index (κ3) is 22.6. The highest BCUT2D eigenvalue weighted by molar-refractivity contribution is 5.80. The van der Waals surface area contributed by atoms with Crippen LogP contribution in [0.5, 0.6) is 0 Å².